The van der Waals surface area contributed by atoms with Crippen LogP contribution in [0, 0.1) is 27.7 Å². The van der Waals surface area contributed by atoms with Crippen LogP contribution in [0.4, 0.5) is 0 Å². The minimum absolute atomic E-state index is 0.453. The smallest absolute Gasteiger partial charge is 0.251 e. The Bertz CT molecular complexity index is 593. The van der Waals surface area contributed by atoms with Crippen molar-refractivity contribution in [3.05, 3.63) is 34.4 Å². The first kappa shape index (κ1) is 14.7. The maximum atomic E-state index is 4.59. The third-order valence-electron chi connectivity index (χ3n) is 3.29. The third-order valence-corrected chi connectivity index (χ3v) is 3.29. The minimum atomic E-state index is 0.453. The van der Waals surface area contributed by atoms with Crippen LogP contribution in [-0.2, 0) is 6.54 Å². The van der Waals surface area contributed by atoms with Crippen LogP contribution in [-0.4, -0.2) is 25.8 Å². The lowest BCUT2D eigenvalue weighted by Crippen LogP contribution is -2.22. The number of aryl methyl sites for hydroxylation is 3. The number of nitrogens with one attached hydrogen (secondary N) is 1. The minimum Gasteiger partial charge on any atom is -0.310 e. The monoisotopic (exact) mass is 273 g/mol. The van der Waals surface area contributed by atoms with E-state index in [9.17, 15) is 0 Å². The molecule has 0 amide bonds. The first-order chi connectivity index (χ1) is 9.38. The second-order valence-corrected chi connectivity index (χ2v) is 5.55. The predicted molar refractivity (Wildman–Crippen MR) is 80.1 cm³/mol. The number of rotatable bonds is 4. The summed E-state index contributed by atoms with van der Waals surface area (Å²) < 4.78 is 1.84. The van der Waals surface area contributed by atoms with Crippen LogP contribution in [0.2, 0.25) is 0 Å². The molecule has 5 heteroatoms. The van der Waals surface area contributed by atoms with E-state index in [-0.39, 0.29) is 0 Å². The van der Waals surface area contributed by atoms with Gasteiger partial charge in [0.1, 0.15) is 0 Å². The van der Waals surface area contributed by atoms with Crippen molar-refractivity contribution in [2.24, 2.45) is 0 Å². The Kier molecular flexibility index (Phi) is 4.18. The Morgan fingerprint density at radius 3 is 2.25 bits per heavy atom. The molecule has 0 aliphatic heterocycles. The molecule has 108 valence electrons. The average molecular weight is 273 g/mol. The summed E-state index contributed by atoms with van der Waals surface area (Å²) in [7, 11) is 0. The summed E-state index contributed by atoms with van der Waals surface area (Å²) >= 11 is 0. The van der Waals surface area contributed by atoms with Crippen molar-refractivity contribution in [3.63, 3.8) is 0 Å². The van der Waals surface area contributed by atoms with E-state index >= 15 is 0 Å². The molecule has 0 aromatic carbocycles. The molecule has 0 fully saturated rings. The maximum Gasteiger partial charge on any atom is 0.251 e. The number of nitrogens with zero attached hydrogens (tertiary/aromatic N) is 4. The van der Waals surface area contributed by atoms with Gasteiger partial charge in [0.05, 0.1) is 5.69 Å². The summed E-state index contributed by atoms with van der Waals surface area (Å²) in [5.74, 6) is 0.652. The molecule has 2 aromatic rings. The molecule has 1 N–H and O–H groups in total. The van der Waals surface area contributed by atoms with Gasteiger partial charge in [-0.3, -0.25) is 0 Å². The third kappa shape index (κ3) is 3.04. The first-order valence-corrected chi connectivity index (χ1v) is 6.99. The summed E-state index contributed by atoms with van der Waals surface area (Å²) in [5.41, 5.74) is 5.27. The quantitative estimate of drug-likeness (QED) is 0.929. The molecular formula is C15H23N5. The zero-order chi connectivity index (χ0) is 14.9. The largest absolute Gasteiger partial charge is 0.310 e. The maximum absolute atomic E-state index is 4.59. The van der Waals surface area contributed by atoms with Crippen molar-refractivity contribution in [3.8, 4) is 5.95 Å². The van der Waals surface area contributed by atoms with Crippen molar-refractivity contribution >= 4 is 0 Å². The molecule has 0 bridgehead atoms. The Hall–Kier alpha value is -1.75. The van der Waals surface area contributed by atoms with Crippen LogP contribution in [0.5, 0.6) is 0 Å². The van der Waals surface area contributed by atoms with Crippen molar-refractivity contribution in [1.82, 2.24) is 25.1 Å². The van der Waals surface area contributed by atoms with E-state index in [1.165, 1.54) is 5.56 Å². The molecule has 0 spiro atoms. The van der Waals surface area contributed by atoms with E-state index in [1.807, 2.05) is 31.5 Å². The highest BCUT2D eigenvalue weighted by molar-refractivity contribution is 5.30. The van der Waals surface area contributed by atoms with Crippen LogP contribution in [0.25, 0.3) is 5.95 Å². The van der Waals surface area contributed by atoms with E-state index in [1.54, 1.807) is 0 Å². The van der Waals surface area contributed by atoms with E-state index < -0.39 is 0 Å². The lowest BCUT2D eigenvalue weighted by Gasteiger charge is -2.09. The molecule has 2 rings (SSSR count). The average Bonchev–Trinajstić information content (AvgIpc) is 2.61. The molecule has 0 aliphatic carbocycles. The number of hydrogen-bond donors (Lipinski definition) is 1. The summed E-state index contributed by atoms with van der Waals surface area (Å²) in [5, 5.41) is 8.03. The van der Waals surface area contributed by atoms with E-state index in [0.717, 1.165) is 29.3 Å². The number of aromatic nitrogens is 4. The van der Waals surface area contributed by atoms with Gasteiger partial charge < -0.3 is 5.32 Å². The molecule has 2 aromatic heterocycles. The molecule has 20 heavy (non-hydrogen) atoms. The highest BCUT2D eigenvalue weighted by Crippen LogP contribution is 2.16. The molecule has 0 radical (unpaired) electrons. The van der Waals surface area contributed by atoms with Gasteiger partial charge in [0.2, 0.25) is 0 Å². The number of hydrogen-bond acceptors (Lipinski definition) is 4. The Morgan fingerprint density at radius 1 is 1.10 bits per heavy atom. The fourth-order valence-corrected chi connectivity index (χ4v) is 2.23. The highest BCUT2D eigenvalue weighted by Gasteiger charge is 2.14. The van der Waals surface area contributed by atoms with Crippen LogP contribution < -0.4 is 5.32 Å². The molecule has 0 aliphatic rings. The zero-order valence-electron chi connectivity index (χ0n) is 13.2. The van der Waals surface area contributed by atoms with Crippen LogP contribution >= 0.6 is 0 Å². The second-order valence-electron chi connectivity index (χ2n) is 5.55. The molecule has 0 atom stereocenters. The van der Waals surface area contributed by atoms with E-state index in [0.29, 0.717) is 12.0 Å². The Balaban J connectivity index is 2.40. The van der Waals surface area contributed by atoms with Gasteiger partial charge in [0.25, 0.3) is 5.95 Å². The summed E-state index contributed by atoms with van der Waals surface area (Å²) in [6.45, 7) is 13.2. The SMILES string of the molecule is Cc1cc(C)nc(-n2nc(C)c(CNC(C)C)c2C)n1. The van der Waals surface area contributed by atoms with Gasteiger partial charge in [-0.15, -0.1) is 0 Å². The summed E-state index contributed by atoms with van der Waals surface area (Å²) in [6.07, 6.45) is 0. The molecule has 0 saturated heterocycles. The van der Waals surface area contributed by atoms with E-state index in [4.69, 9.17) is 0 Å². The van der Waals surface area contributed by atoms with Gasteiger partial charge >= 0.3 is 0 Å². The van der Waals surface area contributed by atoms with Crippen LogP contribution in [0.1, 0.15) is 42.2 Å². The first-order valence-electron chi connectivity index (χ1n) is 6.99. The van der Waals surface area contributed by atoms with Crippen LogP contribution in [0.3, 0.4) is 0 Å². The predicted octanol–water partition coefficient (Wildman–Crippen LogP) is 2.39. The molecule has 0 unspecified atom stereocenters. The second kappa shape index (κ2) is 5.71. The Labute approximate surface area is 120 Å². The summed E-state index contributed by atoms with van der Waals surface area (Å²) in [6, 6.07) is 2.42. The zero-order valence-corrected chi connectivity index (χ0v) is 13.2. The molecule has 0 saturated carbocycles. The van der Waals surface area contributed by atoms with Crippen molar-refractivity contribution < 1.29 is 0 Å². The highest BCUT2D eigenvalue weighted by atomic mass is 15.4. The summed E-state index contributed by atoms with van der Waals surface area (Å²) in [4.78, 5) is 8.97. The standard InChI is InChI=1S/C15H23N5/c1-9(2)16-8-14-12(5)19-20(13(14)6)15-17-10(3)7-11(4)18-15/h7,9,16H,8H2,1-6H3. The normalized spacial score (nSPS) is 11.3. The van der Waals surface area contributed by atoms with Gasteiger partial charge in [0.15, 0.2) is 0 Å². The Morgan fingerprint density at radius 2 is 1.70 bits per heavy atom. The van der Waals surface area contributed by atoms with Gasteiger partial charge in [0, 0.05) is 35.2 Å². The van der Waals surface area contributed by atoms with Gasteiger partial charge in [-0.25, -0.2) is 14.6 Å². The molecule has 2 heterocycles. The lowest BCUT2D eigenvalue weighted by atomic mass is 10.2. The fraction of sp³-hybridized carbons (Fsp3) is 0.533. The van der Waals surface area contributed by atoms with Gasteiger partial charge in [-0.2, -0.15) is 5.10 Å². The van der Waals surface area contributed by atoms with Crippen molar-refractivity contribution in [2.45, 2.75) is 54.1 Å². The molecular weight excluding hydrogens is 250 g/mol. The van der Waals surface area contributed by atoms with E-state index in [2.05, 4.69) is 41.2 Å². The van der Waals surface area contributed by atoms with Gasteiger partial charge in [-0.1, -0.05) is 13.8 Å². The molecule has 5 nitrogen and oxygen atoms in total. The lowest BCUT2D eigenvalue weighted by molar-refractivity contribution is 0.586. The van der Waals surface area contributed by atoms with Gasteiger partial charge in [-0.05, 0) is 33.8 Å². The topological polar surface area (TPSA) is 55.6 Å². The fourth-order valence-electron chi connectivity index (χ4n) is 2.23. The van der Waals surface area contributed by atoms with Crippen LogP contribution in [0.15, 0.2) is 6.07 Å². The van der Waals surface area contributed by atoms with Crippen molar-refractivity contribution in [2.75, 3.05) is 0 Å². The van der Waals surface area contributed by atoms with Crippen molar-refractivity contribution in [1.29, 1.82) is 0 Å².